The first-order valence-corrected chi connectivity index (χ1v) is 4.63. The summed E-state index contributed by atoms with van der Waals surface area (Å²) in [6.07, 6.45) is 9.24. The van der Waals surface area contributed by atoms with E-state index < -0.39 is 0 Å². The van der Waals surface area contributed by atoms with Crippen LogP contribution in [0.5, 0.6) is 0 Å². The molecule has 0 radical (unpaired) electrons. The van der Waals surface area contributed by atoms with Crippen molar-refractivity contribution in [1.29, 1.82) is 0 Å². The van der Waals surface area contributed by atoms with E-state index >= 15 is 0 Å². The first kappa shape index (κ1) is 7.35. The van der Waals surface area contributed by atoms with Crippen LogP contribution in [0, 0.1) is 11.3 Å². The maximum Gasteiger partial charge on any atom is 0.0611 e. The Kier molecular flexibility index (Phi) is 1.57. The minimum absolute atomic E-state index is 0.0356. The fraction of sp³-hybridized carbons (Fsp3) is 0.800. The van der Waals surface area contributed by atoms with Gasteiger partial charge in [0.25, 0.3) is 0 Å². The minimum Gasteiger partial charge on any atom is -0.392 e. The second-order valence-corrected chi connectivity index (χ2v) is 4.11. The zero-order chi connectivity index (χ0) is 7.90. The highest BCUT2D eigenvalue weighted by molar-refractivity contribution is 5.18. The van der Waals surface area contributed by atoms with Crippen LogP contribution in [0.15, 0.2) is 12.2 Å². The van der Waals surface area contributed by atoms with Crippen molar-refractivity contribution in [2.75, 3.05) is 0 Å². The molecule has 11 heavy (non-hydrogen) atoms. The van der Waals surface area contributed by atoms with E-state index in [4.69, 9.17) is 0 Å². The summed E-state index contributed by atoms with van der Waals surface area (Å²) in [7, 11) is 0. The molecule has 1 fully saturated rings. The molecule has 0 amide bonds. The van der Waals surface area contributed by atoms with E-state index in [1.54, 1.807) is 0 Å². The van der Waals surface area contributed by atoms with Crippen LogP contribution in [0.25, 0.3) is 0 Å². The second kappa shape index (κ2) is 2.34. The first-order chi connectivity index (χ1) is 5.26. The molecule has 0 heterocycles. The van der Waals surface area contributed by atoms with Gasteiger partial charge in [0.05, 0.1) is 6.10 Å². The summed E-state index contributed by atoms with van der Waals surface area (Å²) in [5.74, 6) is 0.488. The van der Waals surface area contributed by atoms with Gasteiger partial charge < -0.3 is 5.11 Å². The Labute approximate surface area is 68.1 Å². The van der Waals surface area contributed by atoms with Gasteiger partial charge in [0.2, 0.25) is 0 Å². The summed E-state index contributed by atoms with van der Waals surface area (Å²) in [6, 6.07) is 0. The molecule has 0 aromatic heterocycles. The van der Waals surface area contributed by atoms with Crippen LogP contribution in [0.4, 0.5) is 0 Å². The van der Waals surface area contributed by atoms with Gasteiger partial charge in [0, 0.05) is 5.92 Å². The molecule has 0 saturated heterocycles. The van der Waals surface area contributed by atoms with E-state index in [9.17, 15) is 5.11 Å². The number of allylic oxidation sites excluding steroid dienone is 1. The van der Waals surface area contributed by atoms with Gasteiger partial charge in [-0.3, -0.25) is 0 Å². The molecule has 3 atom stereocenters. The lowest BCUT2D eigenvalue weighted by Gasteiger charge is -2.23. The molecule has 62 valence electrons. The van der Waals surface area contributed by atoms with Gasteiger partial charge in [-0.2, -0.15) is 0 Å². The van der Waals surface area contributed by atoms with Crippen molar-refractivity contribution < 1.29 is 5.11 Å². The molecule has 1 saturated carbocycles. The van der Waals surface area contributed by atoms with E-state index in [-0.39, 0.29) is 6.10 Å². The molecule has 2 aliphatic carbocycles. The third-order valence-electron chi connectivity index (χ3n) is 3.20. The summed E-state index contributed by atoms with van der Waals surface area (Å²) in [6.45, 7) is 2.22. The standard InChI is InChI=1S/C10H16O/c1-2-4-10-5-3-8(6-10)9(11)7-10/h3,5,8-9,11H,2,4,6-7H2,1H3. The van der Waals surface area contributed by atoms with Crippen molar-refractivity contribution in [2.45, 2.75) is 38.7 Å². The third-order valence-corrected chi connectivity index (χ3v) is 3.20. The molecular formula is C10H16O. The van der Waals surface area contributed by atoms with Crippen molar-refractivity contribution in [3.63, 3.8) is 0 Å². The van der Waals surface area contributed by atoms with Gasteiger partial charge in [-0.15, -0.1) is 0 Å². The van der Waals surface area contributed by atoms with Crippen molar-refractivity contribution in [3.05, 3.63) is 12.2 Å². The lowest BCUT2D eigenvalue weighted by Crippen LogP contribution is -2.17. The maximum atomic E-state index is 9.56. The summed E-state index contributed by atoms with van der Waals surface area (Å²) in [5, 5.41) is 9.56. The fourth-order valence-corrected chi connectivity index (χ4v) is 2.70. The van der Waals surface area contributed by atoms with E-state index in [0.29, 0.717) is 11.3 Å². The van der Waals surface area contributed by atoms with E-state index in [2.05, 4.69) is 19.1 Å². The molecule has 1 nitrogen and oxygen atoms in total. The Bertz CT molecular complexity index is 185. The number of hydrogen-bond acceptors (Lipinski definition) is 1. The average Bonchev–Trinajstić information content (AvgIpc) is 2.44. The zero-order valence-corrected chi connectivity index (χ0v) is 7.09. The predicted octanol–water partition coefficient (Wildman–Crippen LogP) is 2.11. The van der Waals surface area contributed by atoms with Gasteiger partial charge in [0.15, 0.2) is 0 Å². The molecule has 0 spiro atoms. The van der Waals surface area contributed by atoms with Gasteiger partial charge >= 0.3 is 0 Å². The smallest absolute Gasteiger partial charge is 0.0611 e. The molecule has 3 unspecified atom stereocenters. The summed E-state index contributed by atoms with van der Waals surface area (Å²) >= 11 is 0. The van der Waals surface area contributed by atoms with Crippen molar-refractivity contribution >= 4 is 0 Å². The molecular weight excluding hydrogens is 136 g/mol. The Morgan fingerprint density at radius 2 is 2.36 bits per heavy atom. The number of hydrogen-bond donors (Lipinski definition) is 1. The quantitative estimate of drug-likeness (QED) is 0.601. The maximum absolute atomic E-state index is 9.56. The molecule has 1 heteroatoms. The molecule has 2 rings (SSSR count). The third kappa shape index (κ3) is 1.02. The number of fused-ring (bicyclic) bond motifs is 2. The summed E-state index contributed by atoms with van der Waals surface area (Å²) in [5.41, 5.74) is 0.402. The highest BCUT2D eigenvalue weighted by Crippen LogP contribution is 2.51. The summed E-state index contributed by atoms with van der Waals surface area (Å²) in [4.78, 5) is 0. The van der Waals surface area contributed by atoms with E-state index in [1.165, 1.54) is 19.3 Å². The number of aliphatic hydroxyl groups is 1. The Balaban J connectivity index is 2.12. The van der Waals surface area contributed by atoms with Crippen LogP contribution in [-0.2, 0) is 0 Å². The van der Waals surface area contributed by atoms with Crippen molar-refractivity contribution in [2.24, 2.45) is 11.3 Å². The monoisotopic (exact) mass is 152 g/mol. The SMILES string of the molecule is CCCC12C=CC(C1)C(O)C2. The Morgan fingerprint density at radius 1 is 1.55 bits per heavy atom. The predicted molar refractivity (Wildman–Crippen MR) is 45.2 cm³/mol. The molecule has 0 aromatic rings. The lowest BCUT2D eigenvalue weighted by atomic mass is 9.83. The topological polar surface area (TPSA) is 20.2 Å². The van der Waals surface area contributed by atoms with Crippen LogP contribution in [0.2, 0.25) is 0 Å². The van der Waals surface area contributed by atoms with Crippen LogP contribution < -0.4 is 0 Å². The Morgan fingerprint density at radius 3 is 2.82 bits per heavy atom. The fourth-order valence-electron chi connectivity index (χ4n) is 2.70. The minimum atomic E-state index is -0.0356. The molecule has 1 N–H and O–H groups in total. The number of rotatable bonds is 2. The van der Waals surface area contributed by atoms with Crippen LogP contribution in [0.1, 0.15) is 32.6 Å². The molecule has 2 aliphatic rings. The van der Waals surface area contributed by atoms with E-state index in [0.717, 1.165) is 6.42 Å². The van der Waals surface area contributed by atoms with Crippen molar-refractivity contribution in [1.82, 2.24) is 0 Å². The van der Waals surface area contributed by atoms with Gasteiger partial charge in [-0.05, 0) is 24.7 Å². The zero-order valence-electron chi connectivity index (χ0n) is 7.09. The lowest BCUT2D eigenvalue weighted by molar-refractivity contribution is 0.139. The average molecular weight is 152 g/mol. The normalized spacial score (nSPS) is 47.1. The number of aliphatic hydroxyl groups excluding tert-OH is 1. The molecule has 2 bridgehead atoms. The largest absolute Gasteiger partial charge is 0.392 e. The van der Waals surface area contributed by atoms with Crippen LogP contribution in [-0.4, -0.2) is 11.2 Å². The first-order valence-electron chi connectivity index (χ1n) is 4.63. The van der Waals surface area contributed by atoms with Crippen molar-refractivity contribution in [3.8, 4) is 0 Å². The highest BCUT2D eigenvalue weighted by Gasteiger charge is 2.45. The summed E-state index contributed by atoms with van der Waals surface area (Å²) < 4.78 is 0. The highest BCUT2D eigenvalue weighted by atomic mass is 16.3. The van der Waals surface area contributed by atoms with Gasteiger partial charge in [-0.1, -0.05) is 25.5 Å². The van der Waals surface area contributed by atoms with E-state index in [1.807, 2.05) is 0 Å². The van der Waals surface area contributed by atoms with Crippen LogP contribution >= 0.6 is 0 Å². The van der Waals surface area contributed by atoms with Gasteiger partial charge in [0.1, 0.15) is 0 Å². The second-order valence-electron chi connectivity index (χ2n) is 4.11. The van der Waals surface area contributed by atoms with Gasteiger partial charge in [-0.25, -0.2) is 0 Å². The van der Waals surface area contributed by atoms with Crippen LogP contribution in [0.3, 0.4) is 0 Å². The molecule has 0 aliphatic heterocycles. The Hall–Kier alpha value is -0.300. The molecule has 0 aromatic carbocycles.